The van der Waals surface area contributed by atoms with E-state index in [2.05, 4.69) is 169 Å². The van der Waals surface area contributed by atoms with Gasteiger partial charge in [-0.3, -0.25) is 0 Å². The van der Waals surface area contributed by atoms with E-state index in [1.165, 1.54) is 22.3 Å². The Bertz CT molecular complexity index is 1760. The molecule has 43 heavy (non-hydrogen) atoms. The molecular formula is C41H32N2. The molecule has 6 aromatic rings. The van der Waals surface area contributed by atoms with Crippen molar-refractivity contribution in [3.05, 3.63) is 181 Å². The van der Waals surface area contributed by atoms with E-state index >= 15 is 0 Å². The van der Waals surface area contributed by atoms with E-state index in [-0.39, 0.29) is 0 Å². The predicted molar refractivity (Wildman–Crippen MR) is 184 cm³/mol. The second-order valence-electron chi connectivity index (χ2n) is 10.8. The number of hydrogen-bond donors (Lipinski definition) is 0. The Labute approximate surface area is 254 Å². The van der Waals surface area contributed by atoms with Gasteiger partial charge in [0.1, 0.15) is 0 Å². The summed E-state index contributed by atoms with van der Waals surface area (Å²) in [5.74, 6) is 0. The molecule has 0 aliphatic heterocycles. The van der Waals surface area contributed by atoms with Gasteiger partial charge in [-0.1, -0.05) is 98.1 Å². The molecule has 0 saturated heterocycles. The number of anilines is 6. The van der Waals surface area contributed by atoms with Crippen molar-refractivity contribution in [3.8, 4) is 11.1 Å². The first-order valence-electron chi connectivity index (χ1n) is 14.6. The van der Waals surface area contributed by atoms with Gasteiger partial charge in [0.15, 0.2) is 0 Å². The lowest BCUT2D eigenvalue weighted by molar-refractivity contribution is 1.22. The van der Waals surface area contributed by atoms with Crippen LogP contribution in [0.4, 0.5) is 34.1 Å². The van der Waals surface area contributed by atoms with E-state index < -0.39 is 0 Å². The molecule has 1 aliphatic rings. The lowest BCUT2D eigenvalue weighted by Crippen LogP contribution is -2.10. The number of fused-ring (bicyclic) bond motifs is 3. The van der Waals surface area contributed by atoms with Gasteiger partial charge in [0.2, 0.25) is 0 Å². The van der Waals surface area contributed by atoms with Crippen LogP contribution in [0.1, 0.15) is 22.3 Å². The second kappa shape index (κ2) is 11.3. The second-order valence-corrected chi connectivity index (χ2v) is 10.8. The van der Waals surface area contributed by atoms with Gasteiger partial charge in [0.05, 0.1) is 0 Å². The number of benzene rings is 6. The molecule has 0 bridgehead atoms. The highest BCUT2D eigenvalue weighted by atomic mass is 15.1. The Morgan fingerprint density at radius 1 is 0.395 bits per heavy atom. The number of para-hydroxylation sites is 2. The largest absolute Gasteiger partial charge is 0.310 e. The van der Waals surface area contributed by atoms with Crippen LogP contribution in [0, 0.1) is 0 Å². The Hall–Kier alpha value is -5.60. The van der Waals surface area contributed by atoms with Crippen molar-refractivity contribution in [3.63, 3.8) is 0 Å². The van der Waals surface area contributed by atoms with Crippen molar-refractivity contribution >= 4 is 46.3 Å². The summed E-state index contributed by atoms with van der Waals surface area (Å²) in [6.07, 6.45) is 4.65. The molecule has 0 N–H and O–H groups in total. The first kappa shape index (κ1) is 26.3. The average molecular weight is 553 g/mol. The number of hydrogen-bond acceptors (Lipinski definition) is 2. The fourth-order valence-electron chi connectivity index (χ4n) is 6.03. The summed E-state index contributed by atoms with van der Waals surface area (Å²) in [4.78, 5) is 4.65. The number of rotatable bonds is 8. The monoisotopic (exact) mass is 552 g/mol. The fourth-order valence-corrected chi connectivity index (χ4v) is 6.03. The molecular weight excluding hydrogens is 520 g/mol. The highest BCUT2D eigenvalue weighted by Gasteiger charge is 2.23. The molecule has 0 fully saturated rings. The van der Waals surface area contributed by atoms with Crippen molar-refractivity contribution in [2.45, 2.75) is 6.42 Å². The summed E-state index contributed by atoms with van der Waals surface area (Å²) < 4.78 is 0. The van der Waals surface area contributed by atoms with E-state index in [0.717, 1.165) is 51.7 Å². The molecule has 0 radical (unpaired) electrons. The van der Waals surface area contributed by atoms with Gasteiger partial charge in [-0.15, -0.1) is 0 Å². The van der Waals surface area contributed by atoms with Crippen LogP contribution in [-0.2, 0) is 6.42 Å². The molecule has 0 unspecified atom stereocenters. The Balaban J connectivity index is 1.26. The minimum atomic E-state index is 0.891. The van der Waals surface area contributed by atoms with E-state index in [1.54, 1.807) is 0 Å². The van der Waals surface area contributed by atoms with Crippen LogP contribution in [-0.4, -0.2) is 0 Å². The van der Waals surface area contributed by atoms with Gasteiger partial charge >= 0.3 is 0 Å². The molecule has 0 heterocycles. The van der Waals surface area contributed by atoms with Crippen LogP contribution in [0.25, 0.3) is 23.3 Å². The van der Waals surface area contributed by atoms with Crippen molar-refractivity contribution in [1.29, 1.82) is 0 Å². The molecule has 6 aromatic carbocycles. The molecule has 1 aliphatic carbocycles. The maximum absolute atomic E-state index is 3.92. The van der Waals surface area contributed by atoms with Crippen molar-refractivity contribution in [2.75, 3.05) is 9.80 Å². The SMILES string of the molecule is C=Cc1ccc(N(c2ccccc2)c2ccc3c(c2)Cc2cc(N(c4ccccc4)c4ccc(C=C)cc4)ccc2-3)cc1. The zero-order chi connectivity index (χ0) is 29.2. The van der Waals surface area contributed by atoms with Crippen LogP contribution < -0.4 is 9.80 Å². The number of nitrogens with zero attached hydrogens (tertiary/aromatic N) is 2. The van der Waals surface area contributed by atoms with Crippen LogP contribution >= 0.6 is 0 Å². The third-order valence-corrected chi connectivity index (χ3v) is 8.17. The highest BCUT2D eigenvalue weighted by molar-refractivity contribution is 5.86. The fraction of sp³-hybridized carbons (Fsp3) is 0.0244. The first-order chi connectivity index (χ1) is 21.2. The maximum Gasteiger partial charge on any atom is 0.0464 e. The smallest absolute Gasteiger partial charge is 0.0464 e. The summed E-state index contributed by atoms with van der Waals surface area (Å²) in [5, 5.41) is 0. The lowest BCUT2D eigenvalue weighted by Gasteiger charge is -2.26. The maximum atomic E-state index is 3.92. The van der Waals surface area contributed by atoms with Gasteiger partial charge in [-0.05, 0) is 113 Å². The van der Waals surface area contributed by atoms with Crippen LogP contribution in [0.15, 0.2) is 159 Å². The molecule has 0 aromatic heterocycles. The Morgan fingerprint density at radius 2 is 0.744 bits per heavy atom. The molecule has 0 spiro atoms. The third kappa shape index (κ3) is 5.05. The molecule has 0 atom stereocenters. The average Bonchev–Trinajstić information content (AvgIpc) is 3.44. The minimum absolute atomic E-state index is 0.891. The molecule has 2 nitrogen and oxygen atoms in total. The molecule has 206 valence electrons. The Kier molecular flexibility index (Phi) is 6.94. The van der Waals surface area contributed by atoms with Gasteiger partial charge in [-0.25, -0.2) is 0 Å². The van der Waals surface area contributed by atoms with Crippen LogP contribution in [0.5, 0.6) is 0 Å². The van der Waals surface area contributed by atoms with Crippen molar-refractivity contribution in [1.82, 2.24) is 0 Å². The minimum Gasteiger partial charge on any atom is -0.310 e. The third-order valence-electron chi connectivity index (χ3n) is 8.17. The van der Waals surface area contributed by atoms with Gasteiger partial charge in [0.25, 0.3) is 0 Å². The summed E-state index contributed by atoms with van der Waals surface area (Å²) in [5.41, 5.74) is 14.3. The summed E-state index contributed by atoms with van der Waals surface area (Å²) >= 11 is 0. The predicted octanol–water partition coefficient (Wildman–Crippen LogP) is 11.5. The molecule has 0 saturated carbocycles. The van der Waals surface area contributed by atoms with Crippen LogP contribution in [0.3, 0.4) is 0 Å². The first-order valence-corrected chi connectivity index (χ1v) is 14.6. The van der Waals surface area contributed by atoms with Crippen molar-refractivity contribution < 1.29 is 0 Å². The van der Waals surface area contributed by atoms with E-state index in [9.17, 15) is 0 Å². The van der Waals surface area contributed by atoms with E-state index in [0.29, 0.717) is 0 Å². The summed E-state index contributed by atoms with van der Waals surface area (Å²) in [6, 6.07) is 52.0. The summed E-state index contributed by atoms with van der Waals surface area (Å²) in [7, 11) is 0. The molecule has 0 amide bonds. The van der Waals surface area contributed by atoms with Gasteiger partial charge in [0, 0.05) is 34.1 Å². The van der Waals surface area contributed by atoms with Gasteiger partial charge < -0.3 is 9.80 Å². The quantitative estimate of drug-likeness (QED) is 0.185. The molecule has 7 rings (SSSR count). The van der Waals surface area contributed by atoms with Crippen LogP contribution in [0.2, 0.25) is 0 Å². The van der Waals surface area contributed by atoms with Crippen molar-refractivity contribution in [2.24, 2.45) is 0 Å². The topological polar surface area (TPSA) is 6.48 Å². The van der Waals surface area contributed by atoms with Gasteiger partial charge in [-0.2, -0.15) is 0 Å². The summed E-state index contributed by atoms with van der Waals surface area (Å²) in [6.45, 7) is 7.84. The van der Waals surface area contributed by atoms with E-state index in [1.807, 2.05) is 12.2 Å². The lowest BCUT2D eigenvalue weighted by atomic mass is 10.0. The normalized spacial score (nSPS) is 11.3. The van der Waals surface area contributed by atoms with E-state index in [4.69, 9.17) is 0 Å². The molecule has 2 heteroatoms. The standard InChI is InChI=1S/C41H32N2/c1-3-30-15-19-36(20-16-30)42(34-11-7-5-8-12-34)38-23-25-40-32(28-38)27-33-29-39(24-26-41(33)40)43(35-13-9-6-10-14-35)37-21-17-31(4-2)18-22-37/h3-26,28-29H,1-2,27H2. The highest BCUT2D eigenvalue weighted by Crippen LogP contribution is 2.44. The zero-order valence-electron chi connectivity index (χ0n) is 24.0. The Morgan fingerprint density at radius 3 is 1.12 bits per heavy atom. The zero-order valence-corrected chi connectivity index (χ0v) is 24.0.